The van der Waals surface area contributed by atoms with Crippen LogP contribution in [0.1, 0.15) is 104 Å². The van der Waals surface area contributed by atoms with Crippen molar-refractivity contribution in [1.29, 1.82) is 0 Å². The van der Waals surface area contributed by atoms with Crippen LogP contribution in [0.15, 0.2) is 60.7 Å². The topological polar surface area (TPSA) is 157 Å². The average molecular weight is 808 g/mol. The minimum atomic E-state index is -0.822. The van der Waals surface area contributed by atoms with Crippen LogP contribution < -0.4 is 9.47 Å². The first-order valence-electron chi connectivity index (χ1n) is 20.7. The number of aromatic hydroxyl groups is 2. The zero-order valence-electron chi connectivity index (χ0n) is 33.7. The van der Waals surface area contributed by atoms with Crippen molar-refractivity contribution < 1.29 is 39.4 Å². The fraction of sp³-hybridized carbons (Fsp3) is 0.533. The molecule has 0 amide bonds. The molecule has 0 radical (unpaired) electrons. The molecule has 0 saturated carbocycles. The molecular formula is C45H62ClN3O8. The number of nitrogens with zero attached hydrogens (tertiary/aromatic N) is 3. The summed E-state index contributed by atoms with van der Waals surface area (Å²) < 4.78 is 22.8. The molecule has 1 heterocycles. The maximum atomic E-state index is 11.1. The van der Waals surface area contributed by atoms with Crippen molar-refractivity contribution >= 4 is 11.6 Å². The minimum absolute atomic E-state index is 0.00252. The van der Waals surface area contributed by atoms with E-state index in [9.17, 15) is 20.4 Å². The number of hydrogen-bond donors (Lipinski definition) is 4. The molecule has 4 aromatic rings. The highest BCUT2D eigenvalue weighted by molar-refractivity contribution is 6.30. The highest BCUT2D eigenvalue weighted by Crippen LogP contribution is 2.36. The van der Waals surface area contributed by atoms with Gasteiger partial charge in [-0.05, 0) is 61.4 Å². The van der Waals surface area contributed by atoms with Gasteiger partial charge in [0, 0.05) is 35.9 Å². The molecule has 12 heteroatoms. The largest absolute Gasteiger partial charge is 0.507 e. The molecular weight excluding hydrogens is 746 g/mol. The van der Waals surface area contributed by atoms with E-state index in [4.69, 9.17) is 30.5 Å². The number of unbranched alkanes of at least 4 members (excludes halogenated alkanes) is 12. The van der Waals surface area contributed by atoms with Crippen LogP contribution in [0.25, 0.3) is 34.2 Å². The number of halogens is 1. The molecule has 57 heavy (non-hydrogen) atoms. The van der Waals surface area contributed by atoms with Crippen molar-refractivity contribution in [1.82, 2.24) is 15.0 Å². The first-order valence-corrected chi connectivity index (χ1v) is 21.1. The average Bonchev–Trinajstić information content (AvgIpc) is 3.21. The van der Waals surface area contributed by atoms with Gasteiger partial charge in [0.1, 0.15) is 48.4 Å². The van der Waals surface area contributed by atoms with Gasteiger partial charge in [0.05, 0.1) is 24.3 Å². The van der Waals surface area contributed by atoms with Crippen LogP contribution >= 0.6 is 11.6 Å². The third kappa shape index (κ3) is 16.8. The molecule has 11 nitrogen and oxygen atoms in total. The number of rotatable bonds is 29. The summed E-state index contributed by atoms with van der Waals surface area (Å²) in [4.78, 5) is 13.9. The van der Waals surface area contributed by atoms with Gasteiger partial charge in [0.25, 0.3) is 0 Å². The van der Waals surface area contributed by atoms with Crippen molar-refractivity contribution in [2.45, 2.75) is 116 Å². The molecule has 312 valence electrons. The van der Waals surface area contributed by atoms with E-state index in [0.29, 0.717) is 52.3 Å². The first kappa shape index (κ1) is 45.7. The Hall–Kier alpha value is -4.00. The molecule has 2 atom stereocenters. The van der Waals surface area contributed by atoms with Crippen molar-refractivity contribution in [3.63, 3.8) is 0 Å². The fourth-order valence-corrected chi connectivity index (χ4v) is 6.29. The normalized spacial score (nSPS) is 12.4. The smallest absolute Gasteiger partial charge is 0.167 e. The molecule has 0 aliphatic rings. The Labute approximate surface area is 343 Å². The Morgan fingerprint density at radius 3 is 1.33 bits per heavy atom. The van der Waals surface area contributed by atoms with Gasteiger partial charge in [0.2, 0.25) is 0 Å². The SMILES string of the molecule is CCCCCCCCCOCC(O)COc1ccc(-c2nc(-c3ccc(Cl)cc3)nc(-c3ccc(OCC(O)COCCCCCCCCC)cc3O)n2)c(O)c1. The van der Waals surface area contributed by atoms with E-state index in [1.807, 2.05) is 0 Å². The van der Waals surface area contributed by atoms with Gasteiger partial charge in [-0.15, -0.1) is 0 Å². The van der Waals surface area contributed by atoms with Crippen LogP contribution in [0.5, 0.6) is 23.0 Å². The maximum absolute atomic E-state index is 11.1. The molecule has 0 bridgehead atoms. The highest BCUT2D eigenvalue weighted by atomic mass is 35.5. The lowest BCUT2D eigenvalue weighted by Crippen LogP contribution is -2.23. The second-order valence-corrected chi connectivity index (χ2v) is 14.9. The second kappa shape index (κ2) is 26.1. The molecule has 3 aromatic carbocycles. The van der Waals surface area contributed by atoms with E-state index < -0.39 is 12.2 Å². The van der Waals surface area contributed by atoms with E-state index in [-0.39, 0.29) is 49.6 Å². The molecule has 2 unspecified atom stereocenters. The molecule has 0 fully saturated rings. The van der Waals surface area contributed by atoms with Crippen LogP contribution in [-0.2, 0) is 9.47 Å². The number of aromatic nitrogens is 3. The lowest BCUT2D eigenvalue weighted by atomic mass is 10.1. The van der Waals surface area contributed by atoms with Gasteiger partial charge in [0.15, 0.2) is 17.5 Å². The predicted octanol–water partition coefficient (Wildman–Crippen LogP) is 9.95. The van der Waals surface area contributed by atoms with Crippen molar-refractivity contribution in [3.8, 4) is 57.2 Å². The Bertz CT molecular complexity index is 1630. The minimum Gasteiger partial charge on any atom is -0.507 e. The van der Waals surface area contributed by atoms with Gasteiger partial charge in [-0.1, -0.05) is 102 Å². The molecule has 0 aliphatic carbocycles. The number of benzene rings is 3. The van der Waals surface area contributed by atoms with Crippen LogP contribution in [-0.4, -0.2) is 87.2 Å². The van der Waals surface area contributed by atoms with Gasteiger partial charge < -0.3 is 39.4 Å². The van der Waals surface area contributed by atoms with Gasteiger partial charge in [-0.2, -0.15) is 0 Å². The Kier molecular flexibility index (Phi) is 20.9. The van der Waals surface area contributed by atoms with Gasteiger partial charge >= 0.3 is 0 Å². The molecule has 1 aromatic heterocycles. The molecule has 0 saturated heterocycles. The first-order chi connectivity index (χ1) is 27.8. The molecule has 4 rings (SSSR count). The summed E-state index contributed by atoms with van der Waals surface area (Å²) in [5, 5.41) is 43.5. The fourth-order valence-electron chi connectivity index (χ4n) is 6.17. The number of phenols is 2. The monoisotopic (exact) mass is 807 g/mol. The van der Waals surface area contributed by atoms with E-state index in [0.717, 1.165) is 25.7 Å². The zero-order chi connectivity index (χ0) is 40.7. The Morgan fingerprint density at radius 1 is 0.509 bits per heavy atom. The lowest BCUT2D eigenvalue weighted by molar-refractivity contribution is 0.0109. The summed E-state index contributed by atoms with van der Waals surface area (Å²) in [7, 11) is 0. The number of ether oxygens (including phenoxy) is 4. The second-order valence-electron chi connectivity index (χ2n) is 14.5. The van der Waals surface area contributed by atoms with Gasteiger partial charge in [-0.25, -0.2) is 15.0 Å². The summed E-state index contributed by atoms with van der Waals surface area (Å²) in [6.45, 7) is 5.94. The number of aliphatic hydroxyl groups is 2. The standard InChI is InChI=1S/C45H62ClN3O8/c1-3-5-7-9-11-13-15-25-54-29-35(50)31-56-37-21-23-39(41(52)27-37)44-47-43(33-17-19-34(46)20-18-33)48-45(49-44)40-24-22-38(28-42(40)53)57-32-36(51)30-55-26-16-14-12-10-8-6-4-2/h17-24,27-28,35-36,50-53H,3-16,25-26,29-32H2,1-2H3. The zero-order valence-corrected chi connectivity index (χ0v) is 34.5. The van der Waals surface area contributed by atoms with Crippen molar-refractivity contribution in [3.05, 3.63) is 65.7 Å². The van der Waals surface area contributed by atoms with Gasteiger partial charge in [-0.3, -0.25) is 0 Å². The quantitative estimate of drug-likeness (QED) is 0.0387. The highest BCUT2D eigenvalue weighted by Gasteiger charge is 2.18. The summed E-state index contributed by atoms with van der Waals surface area (Å²) in [6, 6.07) is 16.4. The van der Waals surface area contributed by atoms with E-state index in [1.54, 1.807) is 48.5 Å². The van der Waals surface area contributed by atoms with Crippen LogP contribution in [0.2, 0.25) is 5.02 Å². The van der Waals surface area contributed by atoms with Crippen LogP contribution in [0, 0.1) is 0 Å². The maximum Gasteiger partial charge on any atom is 0.167 e. The van der Waals surface area contributed by atoms with Crippen LogP contribution in [0.4, 0.5) is 0 Å². The van der Waals surface area contributed by atoms with E-state index in [1.165, 1.54) is 76.3 Å². The molecule has 0 aliphatic heterocycles. The summed E-state index contributed by atoms with van der Waals surface area (Å²) in [5.41, 5.74) is 1.26. The van der Waals surface area contributed by atoms with Crippen LogP contribution in [0.3, 0.4) is 0 Å². The third-order valence-corrected chi connectivity index (χ3v) is 9.70. The molecule has 4 N–H and O–H groups in total. The predicted molar refractivity (Wildman–Crippen MR) is 225 cm³/mol. The van der Waals surface area contributed by atoms with E-state index in [2.05, 4.69) is 28.8 Å². The Morgan fingerprint density at radius 2 is 0.912 bits per heavy atom. The van der Waals surface area contributed by atoms with E-state index >= 15 is 0 Å². The Balaban J connectivity index is 1.36. The number of phenolic OH excluding ortho intramolecular Hbond substituents is 2. The summed E-state index contributed by atoms with van der Waals surface area (Å²) in [6.07, 6.45) is 15.1. The van der Waals surface area contributed by atoms with Crippen molar-refractivity contribution in [2.75, 3.05) is 39.6 Å². The lowest BCUT2D eigenvalue weighted by Gasteiger charge is -2.15. The number of aliphatic hydroxyl groups excluding tert-OH is 2. The summed E-state index contributed by atoms with van der Waals surface area (Å²) >= 11 is 6.15. The molecule has 0 spiro atoms. The summed E-state index contributed by atoms with van der Waals surface area (Å²) in [5.74, 6) is 1.04. The third-order valence-electron chi connectivity index (χ3n) is 9.45. The van der Waals surface area contributed by atoms with Crippen molar-refractivity contribution in [2.24, 2.45) is 0 Å². The number of hydrogen-bond acceptors (Lipinski definition) is 11.